The zero-order valence-corrected chi connectivity index (χ0v) is 21.6. The maximum atomic E-state index is 13.2. The monoisotopic (exact) mass is 529 g/mol. The first-order valence-electron chi connectivity index (χ1n) is 11.9. The van der Waals surface area contributed by atoms with E-state index in [2.05, 4.69) is 4.98 Å². The number of carbonyl (C=O) groups is 1. The first-order chi connectivity index (χ1) is 17.2. The van der Waals surface area contributed by atoms with Crippen LogP contribution >= 0.6 is 11.3 Å². The molecule has 0 bridgehead atoms. The number of piperazine rings is 1. The minimum absolute atomic E-state index is 0.0301. The molecule has 3 aromatic rings. The van der Waals surface area contributed by atoms with E-state index in [1.807, 2.05) is 15.9 Å². The SMILES string of the molecule is CS(=O)(=O)c1cccc2sc(N3CCN(C(=O)c4ccc(N5CCCCC5)c([N+](=O)[O-])c4)CC3)nc12. The van der Waals surface area contributed by atoms with Gasteiger partial charge in [0.2, 0.25) is 0 Å². The number of para-hydroxylation sites is 1. The Morgan fingerprint density at radius 2 is 1.72 bits per heavy atom. The minimum Gasteiger partial charge on any atom is -0.366 e. The van der Waals surface area contributed by atoms with Crippen molar-refractivity contribution >= 4 is 53.8 Å². The molecule has 5 rings (SSSR count). The lowest BCUT2D eigenvalue weighted by Gasteiger charge is -2.34. The van der Waals surface area contributed by atoms with Crippen molar-refractivity contribution in [1.29, 1.82) is 0 Å². The van der Waals surface area contributed by atoms with Crippen LogP contribution in [0.2, 0.25) is 0 Å². The number of nitro benzene ring substituents is 1. The molecule has 0 radical (unpaired) electrons. The lowest BCUT2D eigenvalue weighted by atomic mass is 10.1. The molecule has 2 saturated heterocycles. The zero-order valence-electron chi connectivity index (χ0n) is 19.9. The van der Waals surface area contributed by atoms with Gasteiger partial charge in [-0.15, -0.1) is 0 Å². The van der Waals surface area contributed by atoms with Gasteiger partial charge in [-0.2, -0.15) is 0 Å². The molecule has 3 heterocycles. The van der Waals surface area contributed by atoms with Crippen LogP contribution in [0.5, 0.6) is 0 Å². The number of anilines is 2. The quantitative estimate of drug-likeness (QED) is 0.364. The molecule has 0 spiro atoms. The second kappa shape index (κ2) is 9.66. The Kier molecular flexibility index (Phi) is 6.56. The van der Waals surface area contributed by atoms with E-state index < -0.39 is 14.8 Å². The lowest BCUT2D eigenvalue weighted by molar-refractivity contribution is -0.384. The molecule has 0 atom stereocenters. The normalized spacial score (nSPS) is 17.0. The van der Waals surface area contributed by atoms with Gasteiger partial charge in [0.1, 0.15) is 11.2 Å². The topological polar surface area (TPSA) is 117 Å². The lowest BCUT2D eigenvalue weighted by Crippen LogP contribution is -2.48. The highest BCUT2D eigenvalue weighted by Gasteiger charge is 2.28. The van der Waals surface area contributed by atoms with E-state index in [0.717, 1.165) is 42.2 Å². The number of fused-ring (bicyclic) bond motifs is 1. The number of amides is 1. The number of aromatic nitrogens is 1. The van der Waals surface area contributed by atoms with Crippen molar-refractivity contribution in [3.05, 3.63) is 52.1 Å². The molecule has 2 aromatic carbocycles. The Bertz CT molecular complexity index is 1420. The predicted molar refractivity (Wildman–Crippen MR) is 140 cm³/mol. The molecule has 0 aliphatic carbocycles. The van der Waals surface area contributed by atoms with Crippen molar-refractivity contribution in [2.24, 2.45) is 0 Å². The summed E-state index contributed by atoms with van der Waals surface area (Å²) in [5, 5.41) is 12.5. The Morgan fingerprint density at radius 3 is 2.39 bits per heavy atom. The van der Waals surface area contributed by atoms with Gasteiger partial charge in [0.25, 0.3) is 11.6 Å². The summed E-state index contributed by atoms with van der Waals surface area (Å²) in [6.07, 6.45) is 4.32. The summed E-state index contributed by atoms with van der Waals surface area (Å²) in [5.74, 6) is -0.230. The molecule has 1 amide bonds. The molecule has 0 saturated carbocycles. The Balaban J connectivity index is 1.31. The highest BCUT2D eigenvalue weighted by molar-refractivity contribution is 7.91. The number of carbonyl (C=O) groups excluding carboxylic acids is 1. The number of nitro groups is 1. The highest BCUT2D eigenvalue weighted by atomic mass is 32.2. The smallest absolute Gasteiger partial charge is 0.293 e. The maximum Gasteiger partial charge on any atom is 0.293 e. The van der Waals surface area contributed by atoms with Gasteiger partial charge in [0, 0.05) is 57.2 Å². The predicted octanol–water partition coefficient (Wildman–Crippen LogP) is 3.56. The molecule has 0 N–H and O–H groups in total. The number of hydrogen-bond donors (Lipinski definition) is 0. The molecule has 12 heteroatoms. The summed E-state index contributed by atoms with van der Waals surface area (Å²) >= 11 is 1.43. The highest BCUT2D eigenvalue weighted by Crippen LogP contribution is 2.34. The second-order valence-electron chi connectivity index (χ2n) is 9.16. The van der Waals surface area contributed by atoms with E-state index in [1.54, 1.807) is 29.2 Å². The van der Waals surface area contributed by atoms with Crippen LogP contribution in [0.25, 0.3) is 10.2 Å². The van der Waals surface area contributed by atoms with Crippen LogP contribution in [-0.2, 0) is 9.84 Å². The number of thiazole rings is 1. The standard InChI is InChI=1S/C24H27N5O5S2/c1-36(33,34)21-7-5-6-20-22(21)25-24(35-20)28-14-12-27(13-15-28)23(30)17-8-9-18(19(16-17)29(31)32)26-10-3-2-4-11-26/h5-9,16H,2-4,10-15H2,1H3. The van der Waals surface area contributed by atoms with Crippen LogP contribution in [-0.4, -0.2) is 74.7 Å². The summed E-state index contributed by atoms with van der Waals surface area (Å²) in [6, 6.07) is 9.92. The molecule has 2 aliphatic rings. The van der Waals surface area contributed by atoms with E-state index in [4.69, 9.17) is 0 Å². The molecule has 2 aliphatic heterocycles. The molecular formula is C24H27N5O5S2. The molecular weight excluding hydrogens is 502 g/mol. The van der Waals surface area contributed by atoms with Gasteiger partial charge < -0.3 is 14.7 Å². The van der Waals surface area contributed by atoms with Crippen molar-refractivity contribution in [3.63, 3.8) is 0 Å². The summed E-state index contributed by atoms with van der Waals surface area (Å²) in [7, 11) is -3.40. The molecule has 190 valence electrons. The van der Waals surface area contributed by atoms with Crippen molar-refractivity contribution in [2.75, 3.05) is 55.3 Å². The van der Waals surface area contributed by atoms with Gasteiger partial charge in [0.05, 0.1) is 14.5 Å². The van der Waals surface area contributed by atoms with E-state index in [9.17, 15) is 23.3 Å². The zero-order chi connectivity index (χ0) is 25.4. The minimum atomic E-state index is -3.40. The average Bonchev–Trinajstić information content (AvgIpc) is 3.32. The molecule has 0 unspecified atom stereocenters. The number of rotatable bonds is 5. The summed E-state index contributed by atoms with van der Waals surface area (Å²) < 4.78 is 25.0. The largest absolute Gasteiger partial charge is 0.366 e. The van der Waals surface area contributed by atoms with E-state index in [-0.39, 0.29) is 16.5 Å². The van der Waals surface area contributed by atoms with Crippen LogP contribution in [0.3, 0.4) is 0 Å². The van der Waals surface area contributed by atoms with Gasteiger partial charge in [-0.25, -0.2) is 13.4 Å². The number of benzene rings is 2. The third kappa shape index (κ3) is 4.74. The molecule has 2 fully saturated rings. The second-order valence-corrected chi connectivity index (χ2v) is 12.2. The van der Waals surface area contributed by atoms with Gasteiger partial charge in [0.15, 0.2) is 15.0 Å². The first-order valence-corrected chi connectivity index (χ1v) is 14.6. The fraction of sp³-hybridized carbons (Fsp3) is 0.417. The van der Waals surface area contributed by atoms with Crippen LogP contribution in [0.15, 0.2) is 41.3 Å². The third-order valence-corrected chi connectivity index (χ3v) is 8.93. The Hall–Kier alpha value is -3.25. The number of hydrogen-bond acceptors (Lipinski definition) is 9. The molecule has 36 heavy (non-hydrogen) atoms. The van der Waals surface area contributed by atoms with Crippen LogP contribution in [0.1, 0.15) is 29.6 Å². The van der Waals surface area contributed by atoms with Gasteiger partial charge in [-0.1, -0.05) is 17.4 Å². The average molecular weight is 530 g/mol. The number of nitrogens with zero attached hydrogens (tertiary/aromatic N) is 5. The van der Waals surface area contributed by atoms with Gasteiger partial charge >= 0.3 is 0 Å². The van der Waals surface area contributed by atoms with Gasteiger partial charge in [-0.05, 0) is 43.5 Å². The van der Waals surface area contributed by atoms with E-state index in [0.29, 0.717) is 42.9 Å². The van der Waals surface area contributed by atoms with Crippen LogP contribution < -0.4 is 9.80 Å². The Labute approximate surface area is 213 Å². The fourth-order valence-electron chi connectivity index (χ4n) is 4.83. The number of piperidine rings is 1. The van der Waals surface area contributed by atoms with E-state index in [1.165, 1.54) is 23.7 Å². The van der Waals surface area contributed by atoms with Crippen LogP contribution in [0.4, 0.5) is 16.5 Å². The van der Waals surface area contributed by atoms with Crippen molar-refractivity contribution in [3.8, 4) is 0 Å². The molecule has 10 nitrogen and oxygen atoms in total. The molecule has 1 aromatic heterocycles. The van der Waals surface area contributed by atoms with E-state index >= 15 is 0 Å². The van der Waals surface area contributed by atoms with Crippen LogP contribution in [0, 0.1) is 10.1 Å². The fourth-order valence-corrected chi connectivity index (χ4v) is 6.78. The van der Waals surface area contributed by atoms with Gasteiger partial charge in [-0.3, -0.25) is 14.9 Å². The van der Waals surface area contributed by atoms with Crippen molar-refractivity contribution in [1.82, 2.24) is 9.88 Å². The van der Waals surface area contributed by atoms with Crippen molar-refractivity contribution < 1.29 is 18.1 Å². The summed E-state index contributed by atoms with van der Waals surface area (Å²) in [6.45, 7) is 3.52. The number of sulfone groups is 1. The van der Waals surface area contributed by atoms with Crippen molar-refractivity contribution in [2.45, 2.75) is 24.2 Å². The summed E-state index contributed by atoms with van der Waals surface area (Å²) in [5.41, 5.74) is 1.33. The summed E-state index contributed by atoms with van der Waals surface area (Å²) in [4.78, 5) is 35.2. The Morgan fingerprint density at radius 1 is 1.00 bits per heavy atom. The maximum absolute atomic E-state index is 13.2. The first kappa shape index (κ1) is 24.4. The third-order valence-electron chi connectivity index (χ3n) is 6.72.